The Balaban J connectivity index is 2.40. The highest BCUT2D eigenvalue weighted by molar-refractivity contribution is 7.84. The Kier molecular flexibility index (Phi) is 1.77. The van der Waals surface area contributed by atoms with Gasteiger partial charge in [0.2, 0.25) is 0 Å². The van der Waals surface area contributed by atoms with Crippen LogP contribution in [0.2, 0.25) is 0 Å². The van der Waals surface area contributed by atoms with Gasteiger partial charge in [0.1, 0.15) is 0 Å². The maximum absolute atomic E-state index is 4.18. The van der Waals surface area contributed by atoms with Crippen molar-refractivity contribution < 1.29 is 0 Å². The van der Waals surface area contributed by atoms with E-state index < -0.39 is 0 Å². The predicted molar refractivity (Wildman–Crippen MR) is 34.6 cm³/mol. The van der Waals surface area contributed by atoms with Gasteiger partial charge in [0.25, 0.3) is 0 Å². The number of rotatable bonds is 0. The van der Waals surface area contributed by atoms with Gasteiger partial charge in [-0.25, -0.2) is 0 Å². The number of hydrogen-bond donors (Lipinski definition) is 2. The van der Waals surface area contributed by atoms with E-state index in [-0.39, 0.29) is 0 Å². The van der Waals surface area contributed by atoms with E-state index in [4.69, 9.17) is 0 Å². The Hall–Kier alpha value is 0.0500. The van der Waals surface area contributed by atoms with Crippen LogP contribution in [0.15, 0.2) is 11.0 Å². The van der Waals surface area contributed by atoms with Gasteiger partial charge in [0.05, 0.1) is 0 Å². The lowest BCUT2D eigenvalue weighted by molar-refractivity contribution is 0.723. The van der Waals surface area contributed by atoms with Crippen molar-refractivity contribution in [2.75, 3.05) is 13.1 Å². The van der Waals surface area contributed by atoms with Crippen molar-refractivity contribution >= 4 is 12.6 Å². The molecule has 1 heterocycles. The first-order valence-electron chi connectivity index (χ1n) is 2.48. The Labute approximate surface area is 49.2 Å². The highest BCUT2D eigenvalue weighted by atomic mass is 32.1. The highest BCUT2D eigenvalue weighted by Gasteiger charge is 1.94. The molecule has 0 aromatic heterocycles. The fourth-order valence-corrected chi connectivity index (χ4v) is 0.814. The fourth-order valence-electron chi connectivity index (χ4n) is 0.611. The lowest BCUT2D eigenvalue weighted by Gasteiger charge is -2.07. The second kappa shape index (κ2) is 2.38. The summed E-state index contributed by atoms with van der Waals surface area (Å²) in [5, 5.41) is 3.19. The first-order chi connectivity index (χ1) is 3.39. The molecule has 0 aromatic rings. The molecular weight excluding hydrogens is 106 g/mol. The van der Waals surface area contributed by atoms with Crippen LogP contribution in [-0.4, -0.2) is 13.1 Å². The zero-order chi connectivity index (χ0) is 5.11. The van der Waals surface area contributed by atoms with E-state index in [2.05, 4.69) is 24.0 Å². The summed E-state index contributed by atoms with van der Waals surface area (Å²) in [4.78, 5) is 1.22. The first-order valence-corrected chi connectivity index (χ1v) is 2.93. The maximum Gasteiger partial charge on any atom is 0.0145 e. The summed E-state index contributed by atoms with van der Waals surface area (Å²) in [6.45, 7) is 2.09. The van der Waals surface area contributed by atoms with E-state index in [0.29, 0.717) is 0 Å². The van der Waals surface area contributed by atoms with E-state index >= 15 is 0 Å². The smallest absolute Gasteiger partial charge is 0.0145 e. The van der Waals surface area contributed by atoms with Crippen molar-refractivity contribution in [2.45, 2.75) is 6.42 Å². The molecule has 0 saturated heterocycles. The minimum Gasteiger partial charge on any atom is -0.313 e. The summed E-state index contributed by atoms with van der Waals surface area (Å²) in [5.41, 5.74) is 0. The molecule has 1 aliphatic heterocycles. The maximum atomic E-state index is 4.18. The molecule has 0 aliphatic carbocycles. The monoisotopic (exact) mass is 115 g/mol. The van der Waals surface area contributed by atoms with Gasteiger partial charge in [-0.1, -0.05) is 6.08 Å². The molecule has 1 rings (SSSR count). The van der Waals surface area contributed by atoms with Gasteiger partial charge in [0.15, 0.2) is 0 Å². The van der Waals surface area contributed by atoms with Crippen LogP contribution in [-0.2, 0) is 0 Å². The van der Waals surface area contributed by atoms with Gasteiger partial charge < -0.3 is 5.32 Å². The lowest BCUT2D eigenvalue weighted by atomic mass is 10.3. The lowest BCUT2D eigenvalue weighted by Crippen LogP contribution is -2.18. The van der Waals surface area contributed by atoms with E-state index in [0.717, 1.165) is 19.5 Å². The van der Waals surface area contributed by atoms with Crippen LogP contribution in [0.4, 0.5) is 0 Å². The Morgan fingerprint density at radius 3 is 2.86 bits per heavy atom. The third kappa shape index (κ3) is 1.53. The number of nitrogens with one attached hydrogen (secondary N) is 1. The van der Waals surface area contributed by atoms with Crippen LogP contribution in [0, 0.1) is 0 Å². The molecule has 0 aromatic carbocycles. The van der Waals surface area contributed by atoms with Crippen molar-refractivity contribution in [3.8, 4) is 0 Å². The summed E-state index contributed by atoms with van der Waals surface area (Å²) in [6, 6.07) is 0. The molecule has 7 heavy (non-hydrogen) atoms. The van der Waals surface area contributed by atoms with Crippen LogP contribution in [0.1, 0.15) is 6.42 Å². The summed E-state index contributed by atoms with van der Waals surface area (Å²) < 4.78 is 0. The SMILES string of the molecule is SC1=CCNCC1. The average Bonchev–Trinajstić information content (AvgIpc) is 1.69. The van der Waals surface area contributed by atoms with Gasteiger partial charge in [-0.05, 0) is 17.9 Å². The Bertz CT molecular complexity index is 88.1. The van der Waals surface area contributed by atoms with Gasteiger partial charge in [-0.2, -0.15) is 0 Å². The normalized spacial score (nSPS) is 21.6. The topological polar surface area (TPSA) is 12.0 Å². The van der Waals surface area contributed by atoms with Crippen molar-refractivity contribution in [3.63, 3.8) is 0 Å². The van der Waals surface area contributed by atoms with Gasteiger partial charge in [-0.3, -0.25) is 0 Å². The van der Waals surface area contributed by atoms with Crippen molar-refractivity contribution in [2.24, 2.45) is 0 Å². The molecular formula is C5H9NS. The molecule has 0 fully saturated rings. The molecule has 1 N–H and O–H groups in total. The number of hydrogen-bond acceptors (Lipinski definition) is 2. The minimum absolute atomic E-state index is 0.999. The van der Waals surface area contributed by atoms with Crippen molar-refractivity contribution in [1.29, 1.82) is 0 Å². The Morgan fingerprint density at radius 2 is 2.57 bits per heavy atom. The molecule has 0 unspecified atom stereocenters. The average molecular weight is 115 g/mol. The van der Waals surface area contributed by atoms with Gasteiger partial charge in [-0.15, -0.1) is 12.6 Å². The third-order valence-corrected chi connectivity index (χ3v) is 1.45. The van der Waals surface area contributed by atoms with Crippen LogP contribution in [0.3, 0.4) is 0 Å². The molecule has 1 aliphatic rings. The van der Waals surface area contributed by atoms with Crippen molar-refractivity contribution in [3.05, 3.63) is 11.0 Å². The standard InChI is InChI=1S/C5H9NS/c7-5-1-3-6-4-2-5/h1,6-7H,2-4H2. The molecule has 0 atom stereocenters. The number of thiol groups is 1. The molecule has 0 radical (unpaired) electrons. The second-order valence-corrected chi connectivity index (χ2v) is 2.22. The van der Waals surface area contributed by atoms with Gasteiger partial charge in [0, 0.05) is 6.54 Å². The van der Waals surface area contributed by atoms with E-state index in [1.54, 1.807) is 0 Å². The summed E-state index contributed by atoms with van der Waals surface area (Å²) >= 11 is 4.18. The highest BCUT2D eigenvalue weighted by Crippen LogP contribution is 2.06. The zero-order valence-electron chi connectivity index (χ0n) is 4.15. The van der Waals surface area contributed by atoms with Crippen LogP contribution >= 0.6 is 12.6 Å². The molecule has 0 amide bonds. The quantitative estimate of drug-likeness (QED) is 0.445. The minimum atomic E-state index is 0.999. The van der Waals surface area contributed by atoms with Crippen LogP contribution < -0.4 is 5.32 Å². The Morgan fingerprint density at radius 1 is 1.71 bits per heavy atom. The molecule has 0 spiro atoms. The van der Waals surface area contributed by atoms with Crippen molar-refractivity contribution in [1.82, 2.24) is 5.32 Å². The zero-order valence-corrected chi connectivity index (χ0v) is 5.04. The summed E-state index contributed by atoms with van der Waals surface area (Å²) in [6.07, 6.45) is 3.20. The van der Waals surface area contributed by atoms with E-state index in [1.807, 2.05) is 0 Å². The molecule has 2 heteroatoms. The molecule has 0 saturated carbocycles. The van der Waals surface area contributed by atoms with Crippen LogP contribution in [0.5, 0.6) is 0 Å². The fraction of sp³-hybridized carbons (Fsp3) is 0.600. The predicted octanol–water partition coefficient (Wildman–Crippen LogP) is 0.793. The second-order valence-electron chi connectivity index (χ2n) is 1.65. The van der Waals surface area contributed by atoms with E-state index in [9.17, 15) is 0 Å². The summed E-state index contributed by atoms with van der Waals surface area (Å²) in [5.74, 6) is 0. The third-order valence-electron chi connectivity index (χ3n) is 1.04. The van der Waals surface area contributed by atoms with Gasteiger partial charge >= 0.3 is 0 Å². The largest absolute Gasteiger partial charge is 0.313 e. The van der Waals surface area contributed by atoms with E-state index in [1.165, 1.54) is 4.91 Å². The van der Waals surface area contributed by atoms with Crippen LogP contribution in [0.25, 0.3) is 0 Å². The molecule has 0 bridgehead atoms. The summed E-state index contributed by atoms with van der Waals surface area (Å²) in [7, 11) is 0. The first kappa shape index (κ1) is 5.19. The molecule has 40 valence electrons. The molecule has 1 nitrogen and oxygen atoms in total.